The highest BCUT2D eigenvalue weighted by Gasteiger charge is 2.18. The number of rotatable bonds is 6. The van der Waals surface area contributed by atoms with Gasteiger partial charge in [0.25, 0.3) is 0 Å². The third-order valence-corrected chi connectivity index (χ3v) is 3.91. The molecule has 1 saturated heterocycles. The lowest BCUT2D eigenvalue weighted by Crippen LogP contribution is -2.51. The summed E-state index contributed by atoms with van der Waals surface area (Å²) >= 11 is 5.93. The van der Waals surface area contributed by atoms with Crippen LogP contribution in [0.3, 0.4) is 0 Å². The summed E-state index contributed by atoms with van der Waals surface area (Å²) in [5.74, 6) is 0.597. The summed E-state index contributed by atoms with van der Waals surface area (Å²) in [7, 11) is 0. The highest BCUT2D eigenvalue weighted by atomic mass is 127. The highest BCUT2D eigenvalue weighted by Crippen LogP contribution is 2.19. The molecule has 0 amide bonds. The molecule has 0 saturated carbocycles. The van der Waals surface area contributed by atoms with E-state index in [2.05, 4.69) is 21.4 Å². The molecule has 0 spiro atoms. The molecule has 1 heterocycles. The number of guanidine groups is 1. The Morgan fingerprint density at radius 3 is 2.46 bits per heavy atom. The molecule has 1 aliphatic heterocycles. The van der Waals surface area contributed by atoms with Gasteiger partial charge in [-0.15, -0.1) is 24.0 Å². The van der Waals surface area contributed by atoms with Crippen LogP contribution in [-0.2, 0) is 4.74 Å². The minimum absolute atomic E-state index is 0. The lowest BCUT2D eigenvalue weighted by molar-refractivity contribution is 0.164. The number of ether oxygens (including phenoxy) is 1. The normalized spacial score (nSPS) is 15.2. The Balaban J connectivity index is 0.00000288. The van der Waals surface area contributed by atoms with Gasteiger partial charge in [0.2, 0.25) is 0 Å². The molecule has 2 N–H and O–H groups in total. The Kier molecular flexibility index (Phi) is 9.46. The maximum atomic E-state index is 6.06. The van der Waals surface area contributed by atoms with Crippen LogP contribution in [0.2, 0.25) is 5.02 Å². The second-order valence-electron chi connectivity index (χ2n) is 5.70. The van der Waals surface area contributed by atoms with E-state index in [4.69, 9.17) is 22.1 Å². The fraction of sp³-hybridized carbons (Fsp3) is 0.471. The molecule has 1 aromatic carbocycles. The van der Waals surface area contributed by atoms with Crippen LogP contribution in [0.1, 0.15) is 6.92 Å². The summed E-state index contributed by atoms with van der Waals surface area (Å²) in [4.78, 5) is 8.83. The molecular formula is C17H26ClIN4O. The van der Waals surface area contributed by atoms with E-state index in [1.165, 1.54) is 5.69 Å². The number of hydrogen-bond donors (Lipinski definition) is 1. The Labute approximate surface area is 166 Å². The highest BCUT2D eigenvalue weighted by molar-refractivity contribution is 14.0. The molecule has 5 nitrogen and oxygen atoms in total. The minimum atomic E-state index is 0. The van der Waals surface area contributed by atoms with E-state index in [0.29, 0.717) is 25.7 Å². The van der Waals surface area contributed by atoms with E-state index in [9.17, 15) is 0 Å². The molecule has 0 unspecified atom stereocenters. The second-order valence-corrected chi connectivity index (χ2v) is 6.14. The standard InChI is InChI=1S/C17H25ClN4O.HI/c1-14(2)13-23-12-7-20-17(19)22-10-8-21(9-11-22)16-5-3-15(18)4-6-16;/h3-6H,1,7-13H2,2H3,(H2,19,20);1H. The van der Waals surface area contributed by atoms with Crippen molar-refractivity contribution in [3.05, 3.63) is 41.4 Å². The van der Waals surface area contributed by atoms with Gasteiger partial charge in [0.05, 0.1) is 19.8 Å². The van der Waals surface area contributed by atoms with E-state index in [-0.39, 0.29) is 24.0 Å². The van der Waals surface area contributed by atoms with Gasteiger partial charge in [-0.3, -0.25) is 4.99 Å². The number of nitrogens with two attached hydrogens (primary N) is 1. The molecule has 0 aromatic heterocycles. The number of anilines is 1. The maximum Gasteiger partial charge on any atom is 0.191 e. The zero-order valence-corrected chi connectivity index (χ0v) is 17.2. The van der Waals surface area contributed by atoms with Gasteiger partial charge < -0.3 is 20.3 Å². The third kappa shape index (κ3) is 6.86. The summed E-state index contributed by atoms with van der Waals surface area (Å²) < 4.78 is 5.42. The second kappa shape index (κ2) is 10.8. The summed E-state index contributed by atoms with van der Waals surface area (Å²) in [5, 5.41) is 0.762. The van der Waals surface area contributed by atoms with Crippen molar-refractivity contribution in [3.8, 4) is 0 Å². The average Bonchev–Trinajstić information content (AvgIpc) is 2.55. The van der Waals surface area contributed by atoms with Crippen LogP contribution >= 0.6 is 35.6 Å². The molecule has 0 radical (unpaired) electrons. The van der Waals surface area contributed by atoms with Gasteiger partial charge in [-0.05, 0) is 31.2 Å². The van der Waals surface area contributed by atoms with Crippen molar-refractivity contribution >= 4 is 47.2 Å². The fourth-order valence-corrected chi connectivity index (χ4v) is 2.54. The molecule has 0 aliphatic carbocycles. The first-order valence-corrected chi connectivity index (χ1v) is 8.21. The number of halogens is 2. The molecule has 1 aliphatic rings. The largest absolute Gasteiger partial charge is 0.375 e. The summed E-state index contributed by atoms with van der Waals surface area (Å²) in [6.07, 6.45) is 0. The topological polar surface area (TPSA) is 54.1 Å². The number of piperazine rings is 1. The van der Waals surface area contributed by atoms with Gasteiger partial charge in [-0.1, -0.05) is 23.8 Å². The minimum Gasteiger partial charge on any atom is -0.375 e. The third-order valence-electron chi connectivity index (χ3n) is 3.65. The zero-order chi connectivity index (χ0) is 16.7. The van der Waals surface area contributed by atoms with E-state index in [1.54, 1.807) is 0 Å². The molecule has 7 heteroatoms. The SMILES string of the molecule is C=C(C)COCCN=C(N)N1CCN(c2ccc(Cl)cc2)CC1.I. The molecule has 1 fully saturated rings. The molecule has 2 rings (SSSR count). The van der Waals surface area contributed by atoms with Crippen LogP contribution in [-0.4, -0.2) is 56.8 Å². The molecule has 0 atom stereocenters. The van der Waals surface area contributed by atoms with Crippen molar-refractivity contribution in [2.24, 2.45) is 10.7 Å². The van der Waals surface area contributed by atoms with Gasteiger partial charge in [0.1, 0.15) is 0 Å². The van der Waals surface area contributed by atoms with Crippen LogP contribution in [0.4, 0.5) is 5.69 Å². The summed E-state index contributed by atoms with van der Waals surface area (Å²) in [5.41, 5.74) is 8.27. The van der Waals surface area contributed by atoms with Crippen molar-refractivity contribution in [1.29, 1.82) is 0 Å². The lowest BCUT2D eigenvalue weighted by atomic mass is 10.2. The first kappa shape index (κ1) is 21.1. The molecule has 0 bridgehead atoms. The Morgan fingerprint density at radius 2 is 1.88 bits per heavy atom. The lowest BCUT2D eigenvalue weighted by Gasteiger charge is -2.36. The van der Waals surface area contributed by atoms with Crippen molar-refractivity contribution < 1.29 is 4.74 Å². The van der Waals surface area contributed by atoms with Crippen molar-refractivity contribution in [1.82, 2.24) is 4.90 Å². The Hall–Kier alpha value is -0.990. The average molecular weight is 465 g/mol. The number of aliphatic imine (C=N–C) groups is 1. The maximum absolute atomic E-state index is 6.06. The van der Waals surface area contributed by atoms with E-state index in [1.807, 2.05) is 31.2 Å². The van der Waals surface area contributed by atoms with E-state index >= 15 is 0 Å². The van der Waals surface area contributed by atoms with Gasteiger partial charge in [-0.2, -0.15) is 0 Å². The monoisotopic (exact) mass is 464 g/mol. The van der Waals surface area contributed by atoms with Gasteiger partial charge in [0.15, 0.2) is 5.96 Å². The van der Waals surface area contributed by atoms with Gasteiger partial charge >= 0.3 is 0 Å². The van der Waals surface area contributed by atoms with Crippen molar-refractivity contribution in [2.45, 2.75) is 6.92 Å². The van der Waals surface area contributed by atoms with Crippen LogP contribution in [0, 0.1) is 0 Å². The van der Waals surface area contributed by atoms with Gasteiger partial charge in [0, 0.05) is 36.9 Å². The van der Waals surface area contributed by atoms with Gasteiger partial charge in [-0.25, -0.2) is 0 Å². The first-order chi connectivity index (χ1) is 11.1. The van der Waals surface area contributed by atoms with Crippen LogP contribution in [0.5, 0.6) is 0 Å². The predicted octanol–water partition coefficient (Wildman–Crippen LogP) is 2.99. The van der Waals surface area contributed by atoms with E-state index < -0.39 is 0 Å². The smallest absolute Gasteiger partial charge is 0.191 e. The van der Waals surface area contributed by atoms with Crippen LogP contribution < -0.4 is 10.6 Å². The quantitative estimate of drug-likeness (QED) is 0.231. The summed E-state index contributed by atoms with van der Waals surface area (Å²) in [6.45, 7) is 11.0. The molecule has 134 valence electrons. The Morgan fingerprint density at radius 1 is 1.25 bits per heavy atom. The molecule has 1 aromatic rings. The summed E-state index contributed by atoms with van der Waals surface area (Å²) in [6, 6.07) is 7.94. The van der Waals surface area contributed by atoms with Crippen molar-refractivity contribution in [3.63, 3.8) is 0 Å². The molecular weight excluding hydrogens is 439 g/mol. The Bertz CT molecular complexity index is 542. The fourth-order valence-electron chi connectivity index (χ4n) is 2.42. The zero-order valence-electron chi connectivity index (χ0n) is 14.1. The predicted molar refractivity (Wildman–Crippen MR) is 113 cm³/mol. The number of benzene rings is 1. The first-order valence-electron chi connectivity index (χ1n) is 7.84. The molecule has 24 heavy (non-hydrogen) atoms. The van der Waals surface area contributed by atoms with E-state index in [0.717, 1.165) is 36.8 Å². The number of nitrogens with zero attached hydrogens (tertiary/aromatic N) is 3. The van der Waals surface area contributed by atoms with Crippen LogP contribution in [0.15, 0.2) is 41.4 Å². The number of hydrogen-bond acceptors (Lipinski definition) is 3. The van der Waals surface area contributed by atoms with Crippen molar-refractivity contribution in [2.75, 3.05) is 50.8 Å². The van der Waals surface area contributed by atoms with Crippen LogP contribution in [0.25, 0.3) is 0 Å².